The summed E-state index contributed by atoms with van der Waals surface area (Å²) in [6.07, 6.45) is 5.94. The summed E-state index contributed by atoms with van der Waals surface area (Å²) in [6, 6.07) is 0.583. The number of carbonyl (C=O) groups excluding carboxylic acids is 1. The molecule has 3 rings (SSSR count). The second-order valence-electron chi connectivity index (χ2n) is 6.93. The Bertz CT molecular complexity index is 368. The second-order valence-corrected chi connectivity index (χ2v) is 6.93. The van der Waals surface area contributed by atoms with Crippen molar-refractivity contribution >= 4 is 18.3 Å². The third kappa shape index (κ3) is 3.58. The minimum atomic E-state index is -0.318. The van der Waals surface area contributed by atoms with Crippen molar-refractivity contribution in [3.63, 3.8) is 0 Å². The molecule has 3 aliphatic heterocycles. The predicted octanol–water partition coefficient (Wildman–Crippen LogP) is 1.12. The van der Waals surface area contributed by atoms with Crippen molar-refractivity contribution in [2.75, 3.05) is 53.0 Å². The first kappa shape index (κ1) is 18.0. The van der Waals surface area contributed by atoms with E-state index < -0.39 is 0 Å². The first-order valence-electron chi connectivity index (χ1n) is 8.48. The fraction of sp³-hybridized carbons (Fsp3) is 0.938. The lowest BCUT2D eigenvalue weighted by atomic mass is 9.85. The van der Waals surface area contributed by atoms with Crippen LogP contribution in [0.25, 0.3) is 0 Å². The van der Waals surface area contributed by atoms with Crippen molar-refractivity contribution in [3.8, 4) is 0 Å². The first-order valence-corrected chi connectivity index (χ1v) is 8.48. The highest BCUT2D eigenvalue weighted by molar-refractivity contribution is 5.85. The van der Waals surface area contributed by atoms with E-state index in [0.29, 0.717) is 18.6 Å². The highest BCUT2D eigenvalue weighted by atomic mass is 35.5. The van der Waals surface area contributed by atoms with E-state index in [9.17, 15) is 4.79 Å². The summed E-state index contributed by atoms with van der Waals surface area (Å²) >= 11 is 0. The zero-order valence-electron chi connectivity index (χ0n) is 13.7. The number of rotatable bonds is 4. The molecule has 1 amide bonds. The third-order valence-corrected chi connectivity index (χ3v) is 5.46. The monoisotopic (exact) mass is 331 g/mol. The van der Waals surface area contributed by atoms with Crippen LogP contribution < -0.4 is 5.32 Å². The first-order chi connectivity index (χ1) is 10.2. The number of hydrogen-bond acceptors (Lipinski definition) is 4. The van der Waals surface area contributed by atoms with Gasteiger partial charge in [0.15, 0.2) is 0 Å². The summed E-state index contributed by atoms with van der Waals surface area (Å²) in [4.78, 5) is 17.8. The van der Waals surface area contributed by atoms with Gasteiger partial charge in [-0.2, -0.15) is 0 Å². The number of piperidine rings is 1. The largest absolute Gasteiger partial charge is 0.384 e. The van der Waals surface area contributed by atoms with Crippen molar-refractivity contribution < 1.29 is 9.53 Å². The lowest BCUT2D eigenvalue weighted by Gasteiger charge is -2.41. The molecule has 0 bridgehead atoms. The molecule has 3 aliphatic rings. The molecule has 0 radical (unpaired) electrons. The van der Waals surface area contributed by atoms with E-state index in [-0.39, 0.29) is 17.8 Å². The quantitative estimate of drug-likeness (QED) is 0.838. The lowest BCUT2D eigenvalue weighted by molar-refractivity contribution is -0.146. The summed E-state index contributed by atoms with van der Waals surface area (Å²) in [5.41, 5.74) is -0.318. The van der Waals surface area contributed by atoms with Crippen LogP contribution in [-0.4, -0.2) is 74.7 Å². The molecule has 1 N–H and O–H groups in total. The Morgan fingerprint density at radius 3 is 2.68 bits per heavy atom. The van der Waals surface area contributed by atoms with E-state index >= 15 is 0 Å². The molecule has 0 aromatic heterocycles. The number of methoxy groups -OCH3 is 1. The lowest BCUT2D eigenvalue weighted by Crippen LogP contribution is -2.54. The minimum absolute atomic E-state index is 0. The van der Waals surface area contributed by atoms with Gasteiger partial charge in [-0.1, -0.05) is 0 Å². The maximum Gasteiger partial charge on any atom is 0.232 e. The molecule has 128 valence electrons. The molecular formula is C16H30ClN3O2. The van der Waals surface area contributed by atoms with E-state index in [4.69, 9.17) is 4.74 Å². The van der Waals surface area contributed by atoms with Gasteiger partial charge in [0, 0.05) is 32.8 Å². The molecule has 0 aliphatic carbocycles. The number of carbonyl (C=O) groups is 1. The number of hydrogen-bond donors (Lipinski definition) is 1. The van der Waals surface area contributed by atoms with Gasteiger partial charge in [0.05, 0.1) is 12.0 Å². The normalized spacial score (nSPS) is 33.0. The number of likely N-dealkylation sites (tertiary alicyclic amines) is 2. The van der Waals surface area contributed by atoms with Gasteiger partial charge < -0.3 is 15.0 Å². The van der Waals surface area contributed by atoms with Crippen molar-refractivity contribution in [1.82, 2.24) is 15.1 Å². The average Bonchev–Trinajstić information content (AvgIpc) is 3.19. The van der Waals surface area contributed by atoms with Crippen LogP contribution >= 0.6 is 12.4 Å². The van der Waals surface area contributed by atoms with Gasteiger partial charge in [0.2, 0.25) is 5.91 Å². The van der Waals surface area contributed by atoms with Crippen LogP contribution in [0.2, 0.25) is 0 Å². The van der Waals surface area contributed by atoms with Crippen LogP contribution in [0.15, 0.2) is 0 Å². The molecule has 3 saturated heterocycles. The van der Waals surface area contributed by atoms with E-state index in [1.807, 2.05) is 0 Å². The molecule has 0 saturated carbocycles. The second kappa shape index (κ2) is 7.95. The Labute approximate surface area is 140 Å². The fourth-order valence-electron chi connectivity index (χ4n) is 4.27. The van der Waals surface area contributed by atoms with Gasteiger partial charge in [-0.25, -0.2) is 0 Å². The number of nitrogens with one attached hydrogen (secondary N) is 1. The van der Waals surface area contributed by atoms with Gasteiger partial charge in [-0.15, -0.1) is 12.4 Å². The SMILES string of the molecule is COCC1(C(=O)N2CCCC(N3CCCC3)C2)CCNC1.Cl. The van der Waals surface area contributed by atoms with E-state index in [1.165, 1.54) is 32.4 Å². The molecule has 0 aromatic rings. The smallest absolute Gasteiger partial charge is 0.232 e. The van der Waals surface area contributed by atoms with Gasteiger partial charge in [-0.05, 0) is 51.7 Å². The van der Waals surface area contributed by atoms with Gasteiger partial charge in [-0.3, -0.25) is 9.69 Å². The zero-order chi connectivity index (χ0) is 14.7. The Kier molecular flexibility index (Phi) is 6.50. The Hall–Kier alpha value is -0.360. The van der Waals surface area contributed by atoms with Crippen LogP contribution in [0.5, 0.6) is 0 Å². The molecule has 22 heavy (non-hydrogen) atoms. The third-order valence-electron chi connectivity index (χ3n) is 5.46. The number of ether oxygens (including phenoxy) is 1. The molecular weight excluding hydrogens is 302 g/mol. The number of halogens is 1. The number of amides is 1. The molecule has 6 heteroatoms. The standard InChI is InChI=1S/C16H29N3O2.ClH/c1-21-13-16(6-7-17-12-16)15(20)19-10-4-5-14(11-19)18-8-2-3-9-18;/h14,17H,2-13H2,1H3;1H. The topological polar surface area (TPSA) is 44.8 Å². The van der Waals surface area contributed by atoms with Crippen molar-refractivity contribution in [2.24, 2.45) is 5.41 Å². The predicted molar refractivity (Wildman–Crippen MR) is 89.5 cm³/mol. The van der Waals surface area contributed by atoms with Gasteiger partial charge in [0.1, 0.15) is 0 Å². The summed E-state index contributed by atoms with van der Waals surface area (Å²) in [5, 5.41) is 3.35. The van der Waals surface area contributed by atoms with Crippen molar-refractivity contribution in [3.05, 3.63) is 0 Å². The highest BCUT2D eigenvalue weighted by Gasteiger charge is 2.45. The molecule has 2 atom stereocenters. The summed E-state index contributed by atoms with van der Waals surface area (Å²) < 4.78 is 5.37. The van der Waals surface area contributed by atoms with Crippen molar-refractivity contribution in [1.29, 1.82) is 0 Å². The van der Waals surface area contributed by atoms with Crippen LogP contribution in [0, 0.1) is 5.41 Å². The molecule has 2 unspecified atom stereocenters. The Balaban J connectivity index is 0.00000176. The van der Waals surface area contributed by atoms with E-state index in [1.54, 1.807) is 7.11 Å². The molecule has 3 heterocycles. The minimum Gasteiger partial charge on any atom is -0.384 e. The Morgan fingerprint density at radius 2 is 2.05 bits per heavy atom. The van der Waals surface area contributed by atoms with Gasteiger partial charge >= 0.3 is 0 Å². The molecule has 0 spiro atoms. The van der Waals surface area contributed by atoms with Crippen molar-refractivity contribution in [2.45, 2.75) is 38.1 Å². The molecule has 5 nitrogen and oxygen atoms in total. The van der Waals surface area contributed by atoms with Crippen LogP contribution in [-0.2, 0) is 9.53 Å². The van der Waals surface area contributed by atoms with Crippen LogP contribution in [0.4, 0.5) is 0 Å². The molecule has 0 aromatic carbocycles. The van der Waals surface area contributed by atoms with Crippen LogP contribution in [0.3, 0.4) is 0 Å². The maximum atomic E-state index is 13.1. The number of nitrogens with zero attached hydrogens (tertiary/aromatic N) is 2. The van der Waals surface area contributed by atoms with E-state index in [0.717, 1.165) is 39.0 Å². The Morgan fingerprint density at radius 1 is 1.27 bits per heavy atom. The van der Waals surface area contributed by atoms with Crippen LogP contribution in [0.1, 0.15) is 32.1 Å². The zero-order valence-corrected chi connectivity index (χ0v) is 14.5. The maximum absolute atomic E-state index is 13.1. The fourth-order valence-corrected chi connectivity index (χ4v) is 4.27. The highest BCUT2D eigenvalue weighted by Crippen LogP contribution is 2.31. The summed E-state index contributed by atoms with van der Waals surface area (Å²) in [6.45, 7) is 6.53. The summed E-state index contributed by atoms with van der Waals surface area (Å²) in [5.74, 6) is 0.318. The average molecular weight is 332 g/mol. The van der Waals surface area contributed by atoms with E-state index in [2.05, 4.69) is 15.1 Å². The molecule has 3 fully saturated rings. The summed E-state index contributed by atoms with van der Waals surface area (Å²) in [7, 11) is 1.70. The van der Waals surface area contributed by atoms with Gasteiger partial charge in [0.25, 0.3) is 0 Å².